The van der Waals surface area contributed by atoms with Gasteiger partial charge in [-0.05, 0) is 36.5 Å². The number of para-hydroxylation sites is 1. The second-order valence-electron chi connectivity index (χ2n) is 8.13. The van der Waals surface area contributed by atoms with Crippen LogP contribution in [-0.4, -0.2) is 31.3 Å². The fourth-order valence-corrected chi connectivity index (χ4v) is 4.93. The molecule has 0 amide bonds. The number of aliphatic hydroxyl groups is 1. The summed E-state index contributed by atoms with van der Waals surface area (Å²) >= 11 is 0. The lowest BCUT2D eigenvalue weighted by Crippen LogP contribution is -2.47. The normalized spacial score (nSPS) is 27.0. The molecule has 2 atom stereocenters. The van der Waals surface area contributed by atoms with Gasteiger partial charge >= 0.3 is 0 Å². The standard InChI is InChI=1S/C22H23NO4/c24-21-22(12-25-18-11-20-19(10-16(18)22)26-13-27-20)15-5-1-2-6-17(15)23(21)9-3-4-14-7-8-14/h1-2,5-6,10-11,14,21,24H,3-4,7-9,12-13H2. The SMILES string of the molecule is OC1N(CCCC2CC2)c2ccccc2C12COc1cc3c(cc12)OCO3. The second-order valence-corrected chi connectivity index (χ2v) is 8.13. The number of anilines is 1. The molecule has 0 bridgehead atoms. The van der Waals surface area contributed by atoms with E-state index in [4.69, 9.17) is 14.2 Å². The molecule has 0 aromatic heterocycles. The van der Waals surface area contributed by atoms with Crippen LogP contribution in [0.1, 0.15) is 36.8 Å². The molecule has 5 heteroatoms. The summed E-state index contributed by atoms with van der Waals surface area (Å²) in [5, 5.41) is 11.5. The molecular formula is C22H23NO4. The minimum atomic E-state index is -0.643. The first-order valence-corrected chi connectivity index (χ1v) is 9.88. The van der Waals surface area contributed by atoms with E-state index < -0.39 is 11.6 Å². The maximum absolute atomic E-state index is 11.5. The van der Waals surface area contributed by atoms with Gasteiger partial charge in [-0.15, -0.1) is 0 Å². The Hall–Kier alpha value is -2.40. The first kappa shape index (κ1) is 15.6. The van der Waals surface area contributed by atoms with Gasteiger partial charge in [0.05, 0.1) is 0 Å². The molecule has 0 saturated heterocycles. The minimum absolute atomic E-state index is 0.234. The number of rotatable bonds is 4. The molecule has 3 heterocycles. The molecule has 3 aliphatic heterocycles. The van der Waals surface area contributed by atoms with Gasteiger partial charge in [-0.25, -0.2) is 0 Å². The number of aliphatic hydroxyl groups excluding tert-OH is 1. The van der Waals surface area contributed by atoms with Crippen LogP contribution in [0.3, 0.4) is 0 Å². The molecule has 27 heavy (non-hydrogen) atoms. The molecule has 1 N–H and O–H groups in total. The summed E-state index contributed by atoms with van der Waals surface area (Å²) in [6.07, 6.45) is 4.47. The van der Waals surface area contributed by atoms with Crippen LogP contribution < -0.4 is 19.1 Å². The van der Waals surface area contributed by atoms with E-state index in [1.807, 2.05) is 18.2 Å². The van der Waals surface area contributed by atoms with Gasteiger partial charge in [0.25, 0.3) is 0 Å². The van der Waals surface area contributed by atoms with Gasteiger partial charge in [0.1, 0.15) is 24.0 Å². The third-order valence-corrected chi connectivity index (χ3v) is 6.55. The molecule has 1 saturated carbocycles. The summed E-state index contributed by atoms with van der Waals surface area (Å²) in [4.78, 5) is 2.17. The molecule has 6 rings (SSSR count). The van der Waals surface area contributed by atoms with Crippen molar-refractivity contribution in [2.45, 2.75) is 37.3 Å². The lowest BCUT2D eigenvalue weighted by atomic mass is 9.76. The Labute approximate surface area is 158 Å². The van der Waals surface area contributed by atoms with Crippen molar-refractivity contribution in [1.29, 1.82) is 0 Å². The largest absolute Gasteiger partial charge is 0.492 e. The van der Waals surface area contributed by atoms with Crippen LogP contribution in [0.5, 0.6) is 17.2 Å². The minimum Gasteiger partial charge on any atom is -0.492 e. The van der Waals surface area contributed by atoms with Gasteiger partial charge in [0, 0.05) is 23.9 Å². The lowest BCUT2D eigenvalue weighted by Gasteiger charge is -2.32. The summed E-state index contributed by atoms with van der Waals surface area (Å²) in [6, 6.07) is 12.2. The predicted molar refractivity (Wildman–Crippen MR) is 101 cm³/mol. The van der Waals surface area contributed by atoms with E-state index in [0.29, 0.717) is 12.4 Å². The number of ether oxygens (including phenoxy) is 3. The van der Waals surface area contributed by atoms with Crippen molar-refractivity contribution >= 4 is 5.69 Å². The molecule has 1 fully saturated rings. The van der Waals surface area contributed by atoms with E-state index in [1.165, 1.54) is 19.3 Å². The first-order chi connectivity index (χ1) is 13.3. The Morgan fingerprint density at radius 2 is 1.81 bits per heavy atom. The van der Waals surface area contributed by atoms with E-state index in [1.54, 1.807) is 0 Å². The summed E-state index contributed by atoms with van der Waals surface area (Å²) < 4.78 is 17.2. The number of fused-ring (bicyclic) bond motifs is 5. The van der Waals surface area contributed by atoms with Crippen LogP contribution in [0.2, 0.25) is 0 Å². The molecule has 4 aliphatic rings. The maximum Gasteiger partial charge on any atom is 0.231 e. The highest BCUT2D eigenvalue weighted by Gasteiger charge is 2.56. The van der Waals surface area contributed by atoms with Gasteiger partial charge in [-0.2, -0.15) is 0 Å². The Balaban J connectivity index is 1.42. The Morgan fingerprint density at radius 1 is 1.00 bits per heavy atom. The Morgan fingerprint density at radius 3 is 2.67 bits per heavy atom. The third-order valence-electron chi connectivity index (χ3n) is 6.55. The van der Waals surface area contributed by atoms with Crippen molar-refractivity contribution in [3.05, 3.63) is 47.5 Å². The maximum atomic E-state index is 11.5. The van der Waals surface area contributed by atoms with E-state index in [9.17, 15) is 5.11 Å². The van der Waals surface area contributed by atoms with Crippen LogP contribution in [0, 0.1) is 5.92 Å². The second kappa shape index (κ2) is 5.55. The number of nitrogens with zero attached hydrogens (tertiary/aromatic N) is 1. The highest BCUT2D eigenvalue weighted by molar-refractivity contribution is 5.71. The summed E-state index contributed by atoms with van der Waals surface area (Å²) in [5.41, 5.74) is 2.68. The zero-order chi connectivity index (χ0) is 18.0. The molecule has 5 nitrogen and oxygen atoms in total. The smallest absolute Gasteiger partial charge is 0.231 e. The van der Waals surface area contributed by atoms with E-state index >= 15 is 0 Å². The topological polar surface area (TPSA) is 51.2 Å². The fourth-order valence-electron chi connectivity index (χ4n) is 4.93. The molecule has 2 aromatic rings. The lowest BCUT2D eigenvalue weighted by molar-refractivity contribution is 0.0948. The molecule has 2 aromatic carbocycles. The Bertz CT molecular complexity index is 909. The van der Waals surface area contributed by atoms with Crippen molar-refractivity contribution in [2.24, 2.45) is 5.92 Å². The Kier molecular flexibility index (Phi) is 3.21. The van der Waals surface area contributed by atoms with Crippen molar-refractivity contribution in [3.63, 3.8) is 0 Å². The molecule has 0 radical (unpaired) electrons. The highest BCUT2D eigenvalue weighted by atomic mass is 16.7. The molecule has 140 valence electrons. The molecule has 2 unspecified atom stereocenters. The molecular weight excluding hydrogens is 342 g/mol. The van der Waals surface area contributed by atoms with E-state index in [2.05, 4.69) is 23.1 Å². The van der Waals surface area contributed by atoms with Crippen LogP contribution in [0.4, 0.5) is 5.69 Å². The average Bonchev–Trinajstić information content (AvgIpc) is 3.19. The van der Waals surface area contributed by atoms with Crippen molar-refractivity contribution in [2.75, 3.05) is 24.8 Å². The average molecular weight is 365 g/mol. The van der Waals surface area contributed by atoms with Gasteiger partial charge < -0.3 is 24.2 Å². The highest BCUT2D eigenvalue weighted by Crippen LogP contribution is 2.56. The van der Waals surface area contributed by atoms with Gasteiger partial charge in [-0.3, -0.25) is 0 Å². The quantitative estimate of drug-likeness (QED) is 0.900. The zero-order valence-electron chi connectivity index (χ0n) is 15.2. The number of benzene rings is 2. The van der Waals surface area contributed by atoms with E-state index in [-0.39, 0.29) is 6.79 Å². The van der Waals surface area contributed by atoms with Crippen LogP contribution >= 0.6 is 0 Å². The van der Waals surface area contributed by atoms with Crippen molar-refractivity contribution in [1.82, 2.24) is 0 Å². The van der Waals surface area contributed by atoms with Gasteiger partial charge in [0.15, 0.2) is 11.5 Å². The monoisotopic (exact) mass is 365 g/mol. The fraction of sp³-hybridized carbons (Fsp3) is 0.455. The van der Waals surface area contributed by atoms with Gasteiger partial charge in [-0.1, -0.05) is 31.0 Å². The number of hydrogen-bond acceptors (Lipinski definition) is 5. The summed E-state index contributed by atoms with van der Waals surface area (Å²) in [5.74, 6) is 3.14. The number of hydrogen-bond donors (Lipinski definition) is 1. The zero-order valence-corrected chi connectivity index (χ0v) is 15.2. The molecule has 1 aliphatic carbocycles. The van der Waals surface area contributed by atoms with Crippen LogP contribution in [0.25, 0.3) is 0 Å². The van der Waals surface area contributed by atoms with Gasteiger partial charge in [0.2, 0.25) is 6.79 Å². The summed E-state index contributed by atoms with van der Waals surface area (Å²) in [6.45, 7) is 1.54. The predicted octanol–water partition coefficient (Wildman–Crippen LogP) is 3.42. The first-order valence-electron chi connectivity index (χ1n) is 9.88. The van der Waals surface area contributed by atoms with E-state index in [0.717, 1.165) is 47.2 Å². The van der Waals surface area contributed by atoms with Crippen LogP contribution in [0.15, 0.2) is 36.4 Å². The molecule has 1 spiro atoms. The third kappa shape index (κ3) is 2.15. The van der Waals surface area contributed by atoms with Crippen molar-refractivity contribution in [3.8, 4) is 17.2 Å². The van der Waals surface area contributed by atoms with Crippen molar-refractivity contribution < 1.29 is 19.3 Å². The summed E-state index contributed by atoms with van der Waals surface area (Å²) in [7, 11) is 0. The van der Waals surface area contributed by atoms with Crippen LogP contribution in [-0.2, 0) is 5.41 Å².